The molecular formula is C20H22FNO4S. The first-order chi connectivity index (χ1) is 13.0. The monoisotopic (exact) mass is 391 g/mol. The Labute approximate surface area is 162 Å². The second kappa shape index (κ2) is 10.6. The summed E-state index contributed by atoms with van der Waals surface area (Å²) in [6.07, 6.45) is -0.00286. The van der Waals surface area contributed by atoms with E-state index in [1.165, 1.54) is 6.07 Å². The Morgan fingerprint density at radius 1 is 1.19 bits per heavy atom. The van der Waals surface area contributed by atoms with E-state index in [1.54, 1.807) is 56.5 Å². The van der Waals surface area contributed by atoms with Crippen LogP contribution in [0.4, 0.5) is 4.39 Å². The van der Waals surface area contributed by atoms with Gasteiger partial charge in [0.1, 0.15) is 11.6 Å². The lowest BCUT2D eigenvalue weighted by Gasteiger charge is -2.19. The van der Waals surface area contributed by atoms with Crippen LogP contribution in [0.1, 0.15) is 24.9 Å². The number of thioether (sulfide) groups is 1. The smallest absolute Gasteiger partial charge is 0.308 e. The maximum absolute atomic E-state index is 13.7. The average Bonchev–Trinajstić information content (AvgIpc) is 2.67. The quantitative estimate of drug-likeness (QED) is 0.521. The molecule has 0 aromatic heterocycles. The molecule has 0 aliphatic carbocycles. The molecule has 0 aliphatic heterocycles. The molecule has 1 atom stereocenters. The summed E-state index contributed by atoms with van der Waals surface area (Å²) in [5.74, 6) is -0.431. The van der Waals surface area contributed by atoms with E-state index in [4.69, 9.17) is 9.47 Å². The molecular weight excluding hydrogens is 369 g/mol. The van der Waals surface area contributed by atoms with Gasteiger partial charge in [0, 0.05) is 4.90 Å². The van der Waals surface area contributed by atoms with Crippen molar-refractivity contribution >= 4 is 23.6 Å². The fraction of sp³-hybridized carbons (Fsp3) is 0.300. The summed E-state index contributed by atoms with van der Waals surface area (Å²) >= 11 is 1.10. The normalized spacial score (nSPS) is 11.5. The van der Waals surface area contributed by atoms with E-state index in [1.807, 2.05) is 0 Å². The third-order valence-corrected chi connectivity index (χ3v) is 4.75. The zero-order chi connectivity index (χ0) is 19.6. The first-order valence-electron chi connectivity index (χ1n) is 8.49. The number of hydrogen-bond donors (Lipinski definition) is 1. The van der Waals surface area contributed by atoms with Crippen molar-refractivity contribution in [2.24, 2.45) is 0 Å². The number of carbonyl (C=O) groups is 2. The second-order valence-electron chi connectivity index (χ2n) is 5.62. The van der Waals surface area contributed by atoms with E-state index in [9.17, 15) is 14.0 Å². The van der Waals surface area contributed by atoms with E-state index >= 15 is 0 Å². The van der Waals surface area contributed by atoms with E-state index in [0.29, 0.717) is 10.6 Å². The molecule has 27 heavy (non-hydrogen) atoms. The fourth-order valence-corrected chi connectivity index (χ4v) is 3.19. The van der Waals surface area contributed by atoms with Crippen LogP contribution in [0.3, 0.4) is 0 Å². The van der Waals surface area contributed by atoms with Gasteiger partial charge < -0.3 is 14.8 Å². The molecule has 2 aromatic carbocycles. The van der Waals surface area contributed by atoms with Crippen LogP contribution in [0.15, 0.2) is 53.4 Å². The highest BCUT2D eigenvalue weighted by atomic mass is 32.2. The summed E-state index contributed by atoms with van der Waals surface area (Å²) in [6.45, 7) is 1.99. The topological polar surface area (TPSA) is 64.6 Å². The minimum absolute atomic E-state index is 0.00286. The Hall–Kier alpha value is -2.54. The number of rotatable bonds is 9. The van der Waals surface area contributed by atoms with Crippen LogP contribution >= 0.6 is 11.8 Å². The van der Waals surface area contributed by atoms with E-state index < -0.39 is 12.0 Å². The van der Waals surface area contributed by atoms with E-state index in [-0.39, 0.29) is 30.5 Å². The van der Waals surface area contributed by atoms with Crippen molar-refractivity contribution in [3.63, 3.8) is 0 Å². The van der Waals surface area contributed by atoms with Crippen molar-refractivity contribution < 1.29 is 23.5 Å². The summed E-state index contributed by atoms with van der Waals surface area (Å²) in [5, 5.41) is 2.83. The lowest BCUT2D eigenvalue weighted by atomic mass is 10.0. The highest BCUT2D eigenvalue weighted by Crippen LogP contribution is 2.24. The van der Waals surface area contributed by atoms with Crippen LogP contribution < -0.4 is 10.1 Å². The number of ether oxygens (including phenoxy) is 2. The lowest BCUT2D eigenvalue weighted by molar-refractivity contribution is -0.143. The number of carbonyl (C=O) groups excluding carboxylic acids is 2. The predicted molar refractivity (Wildman–Crippen MR) is 102 cm³/mol. The molecule has 0 saturated carbocycles. The molecule has 2 rings (SSSR count). The third kappa shape index (κ3) is 6.60. The van der Waals surface area contributed by atoms with Gasteiger partial charge in [-0.2, -0.15) is 0 Å². The maximum atomic E-state index is 13.7. The van der Waals surface area contributed by atoms with Gasteiger partial charge in [-0.1, -0.05) is 24.3 Å². The molecule has 1 N–H and O–H groups in total. The number of methoxy groups -OCH3 is 1. The second-order valence-corrected chi connectivity index (χ2v) is 6.64. The van der Waals surface area contributed by atoms with Crippen LogP contribution in [0, 0.1) is 5.82 Å². The van der Waals surface area contributed by atoms with Crippen molar-refractivity contribution in [2.75, 3.05) is 19.5 Å². The van der Waals surface area contributed by atoms with Crippen molar-refractivity contribution in [3.05, 3.63) is 59.9 Å². The molecule has 5 nitrogen and oxygen atoms in total. The molecule has 0 saturated heterocycles. The number of nitrogens with one attached hydrogen (secondary N) is 1. The van der Waals surface area contributed by atoms with Crippen LogP contribution in [0.2, 0.25) is 0 Å². The third-order valence-electron chi connectivity index (χ3n) is 3.70. The summed E-state index contributed by atoms with van der Waals surface area (Å²) in [5.41, 5.74) is 0.728. The van der Waals surface area contributed by atoms with Gasteiger partial charge in [-0.3, -0.25) is 9.59 Å². The van der Waals surface area contributed by atoms with Crippen molar-refractivity contribution in [1.82, 2.24) is 5.32 Å². The van der Waals surface area contributed by atoms with Gasteiger partial charge in [0.2, 0.25) is 5.91 Å². The van der Waals surface area contributed by atoms with Crippen molar-refractivity contribution in [3.8, 4) is 5.75 Å². The van der Waals surface area contributed by atoms with Crippen molar-refractivity contribution in [1.29, 1.82) is 0 Å². The fourth-order valence-electron chi connectivity index (χ4n) is 2.44. The highest BCUT2D eigenvalue weighted by Gasteiger charge is 2.20. The largest absolute Gasteiger partial charge is 0.497 e. The average molecular weight is 391 g/mol. The maximum Gasteiger partial charge on any atom is 0.308 e. The zero-order valence-electron chi connectivity index (χ0n) is 15.2. The Kier molecular flexibility index (Phi) is 8.13. The summed E-state index contributed by atoms with van der Waals surface area (Å²) in [4.78, 5) is 24.7. The van der Waals surface area contributed by atoms with E-state index in [2.05, 4.69) is 5.32 Å². The van der Waals surface area contributed by atoms with Crippen LogP contribution in [0.25, 0.3) is 0 Å². The molecule has 7 heteroatoms. The Bertz CT molecular complexity index is 784. The molecule has 0 bridgehead atoms. The van der Waals surface area contributed by atoms with Gasteiger partial charge in [0.25, 0.3) is 0 Å². The predicted octanol–water partition coefficient (Wildman–Crippen LogP) is 3.74. The number of benzene rings is 2. The van der Waals surface area contributed by atoms with Crippen LogP contribution in [-0.2, 0) is 14.3 Å². The highest BCUT2D eigenvalue weighted by molar-refractivity contribution is 8.00. The minimum Gasteiger partial charge on any atom is -0.497 e. The molecule has 0 fully saturated rings. The van der Waals surface area contributed by atoms with Crippen LogP contribution in [-0.4, -0.2) is 31.3 Å². The molecule has 1 unspecified atom stereocenters. The number of esters is 1. The molecule has 1 amide bonds. The SMILES string of the molecule is CCOC(=O)CC(NC(=O)CSc1ccccc1F)c1cccc(OC)c1. The summed E-state index contributed by atoms with van der Waals surface area (Å²) in [7, 11) is 1.54. The summed E-state index contributed by atoms with van der Waals surface area (Å²) in [6, 6.07) is 12.8. The Morgan fingerprint density at radius 2 is 1.96 bits per heavy atom. The van der Waals surface area contributed by atoms with Gasteiger partial charge in [-0.05, 0) is 36.8 Å². The number of hydrogen-bond acceptors (Lipinski definition) is 5. The lowest BCUT2D eigenvalue weighted by Crippen LogP contribution is -2.32. The molecule has 0 heterocycles. The van der Waals surface area contributed by atoms with Crippen LogP contribution in [0.5, 0.6) is 5.75 Å². The zero-order valence-corrected chi connectivity index (χ0v) is 16.1. The molecule has 144 valence electrons. The number of amides is 1. The van der Waals surface area contributed by atoms with Gasteiger partial charge in [0.15, 0.2) is 0 Å². The van der Waals surface area contributed by atoms with Crippen molar-refractivity contribution in [2.45, 2.75) is 24.3 Å². The molecule has 0 spiro atoms. The molecule has 2 aromatic rings. The van der Waals surface area contributed by atoms with Gasteiger partial charge in [0.05, 0.1) is 31.9 Å². The molecule has 0 aliphatic rings. The Balaban J connectivity index is 2.07. The van der Waals surface area contributed by atoms with Gasteiger partial charge >= 0.3 is 5.97 Å². The van der Waals surface area contributed by atoms with E-state index in [0.717, 1.165) is 17.3 Å². The molecule has 0 radical (unpaired) electrons. The Morgan fingerprint density at radius 3 is 2.67 bits per heavy atom. The first kappa shape index (κ1) is 20.8. The number of halogens is 1. The van der Waals surface area contributed by atoms with Gasteiger partial charge in [-0.15, -0.1) is 11.8 Å². The standard InChI is InChI=1S/C20H22FNO4S/c1-3-26-20(24)12-17(14-7-6-8-15(11-14)25-2)22-19(23)13-27-18-10-5-4-9-16(18)21/h4-11,17H,3,12-13H2,1-2H3,(H,22,23). The summed E-state index contributed by atoms with van der Waals surface area (Å²) < 4.78 is 23.9. The van der Waals surface area contributed by atoms with Gasteiger partial charge in [-0.25, -0.2) is 4.39 Å². The minimum atomic E-state index is -0.562. The first-order valence-corrected chi connectivity index (χ1v) is 9.48.